The first-order valence-electron chi connectivity index (χ1n) is 11.2. The van der Waals surface area contributed by atoms with Gasteiger partial charge in [-0.15, -0.1) is 0 Å². The van der Waals surface area contributed by atoms with Crippen molar-refractivity contribution in [1.82, 2.24) is 5.32 Å². The maximum Gasteiger partial charge on any atom is 0.244 e. The third-order valence-electron chi connectivity index (χ3n) is 7.00. The second-order valence-corrected chi connectivity index (χ2v) is 8.95. The van der Waals surface area contributed by atoms with Gasteiger partial charge in [-0.3, -0.25) is 4.79 Å². The second-order valence-electron chi connectivity index (χ2n) is 8.95. The molecule has 0 spiro atoms. The molecule has 3 aliphatic heterocycles. The van der Waals surface area contributed by atoms with Gasteiger partial charge in [0.15, 0.2) is 11.5 Å². The predicted molar refractivity (Wildman–Crippen MR) is 119 cm³/mol. The normalized spacial score (nSPS) is 22.3. The zero-order chi connectivity index (χ0) is 21.4. The van der Waals surface area contributed by atoms with Crippen molar-refractivity contribution in [2.45, 2.75) is 50.6 Å². The summed E-state index contributed by atoms with van der Waals surface area (Å²) in [6.07, 6.45) is 2.72. The first-order chi connectivity index (χ1) is 15.1. The molecule has 2 atom stereocenters. The minimum absolute atomic E-state index is 0.0949. The number of carbonyl (C=O) groups excluding carboxylic acids is 1. The maximum atomic E-state index is 13.4. The second kappa shape index (κ2) is 8.17. The van der Waals surface area contributed by atoms with Crippen molar-refractivity contribution in [3.05, 3.63) is 53.6 Å². The number of nitrogens with zero attached hydrogens (tertiary/aromatic N) is 1. The molecule has 5 rings (SSSR count). The van der Waals surface area contributed by atoms with E-state index in [1.165, 1.54) is 11.1 Å². The molecule has 164 valence electrons. The summed E-state index contributed by atoms with van der Waals surface area (Å²) in [5.41, 5.74) is 3.41. The molecule has 2 aromatic rings. The van der Waals surface area contributed by atoms with E-state index in [0.29, 0.717) is 6.54 Å². The average molecular weight is 423 g/mol. The highest BCUT2D eigenvalue weighted by atomic mass is 16.7. The molecule has 0 radical (unpaired) electrons. The Labute approximate surface area is 183 Å². The molecule has 0 bridgehead atoms. The molecule has 2 aromatic carbocycles. The van der Waals surface area contributed by atoms with Crippen LogP contribution in [0.15, 0.2) is 42.5 Å². The van der Waals surface area contributed by atoms with Gasteiger partial charge < -0.3 is 24.4 Å². The molecule has 0 aromatic heterocycles. The van der Waals surface area contributed by atoms with Crippen molar-refractivity contribution in [3.8, 4) is 11.5 Å². The Hall–Kier alpha value is -2.57. The number of hydrogen-bond acceptors (Lipinski definition) is 5. The monoisotopic (exact) mass is 422 g/mol. The lowest BCUT2D eigenvalue weighted by atomic mass is 9.74. The van der Waals surface area contributed by atoms with E-state index >= 15 is 0 Å². The average Bonchev–Trinajstić information content (AvgIpc) is 3.40. The summed E-state index contributed by atoms with van der Waals surface area (Å²) >= 11 is 0. The number of rotatable bonds is 5. The molecule has 3 heterocycles. The lowest BCUT2D eigenvalue weighted by Gasteiger charge is -2.39. The largest absolute Gasteiger partial charge is 0.454 e. The molecule has 31 heavy (non-hydrogen) atoms. The number of carbonyl (C=O) groups is 1. The summed E-state index contributed by atoms with van der Waals surface area (Å²) in [6, 6.07) is 14.3. The fourth-order valence-corrected chi connectivity index (χ4v) is 5.10. The van der Waals surface area contributed by atoms with Gasteiger partial charge in [-0.25, -0.2) is 0 Å². The maximum absolute atomic E-state index is 13.4. The number of benzene rings is 2. The van der Waals surface area contributed by atoms with Crippen molar-refractivity contribution >= 4 is 11.6 Å². The van der Waals surface area contributed by atoms with Gasteiger partial charge >= 0.3 is 0 Å². The summed E-state index contributed by atoms with van der Waals surface area (Å²) in [7, 11) is 0. The number of ether oxygens (including phenoxy) is 3. The number of para-hydroxylation sites is 1. The van der Waals surface area contributed by atoms with Crippen LogP contribution in [-0.4, -0.2) is 44.5 Å². The Morgan fingerprint density at radius 3 is 2.77 bits per heavy atom. The van der Waals surface area contributed by atoms with E-state index < -0.39 is 0 Å². The van der Waals surface area contributed by atoms with Crippen molar-refractivity contribution < 1.29 is 19.0 Å². The standard InChI is InChI=1S/C25H30N2O4/c1-17-13-19-5-3-4-6-21(19)27(17)24(28)18(2)26-15-25(9-11-29-12-10-25)20-7-8-22-23(14-20)31-16-30-22/h3-8,14,17-18,26H,9-13,15-16H2,1-2H3. The van der Waals surface area contributed by atoms with Gasteiger partial charge in [0.25, 0.3) is 0 Å². The summed E-state index contributed by atoms with van der Waals surface area (Å²) in [5.74, 6) is 1.73. The summed E-state index contributed by atoms with van der Waals surface area (Å²) in [6.45, 7) is 6.52. The zero-order valence-corrected chi connectivity index (χ0v) is 18.2. The molecule has 3 aliphatic rings. The van der Waals surface area contributed by atoms with Gasteiger partial charge in [-0.1, -0.05) is 24.3 Å². The van der Waals surface area contributed by atoms with E-state index in [-0.39, 0.29) is 30.2 Å². The van der Waals surface area contributed by atoms with Crippen LogP contribution in [0.25, 0.3) is 0 Å². The number of amides is 1. The van der Waals surface area contributed by atoms with Crippen LogP contribution >= 0.6 is 0 Å². The fourth-order valence-electron chi connectivity index (χ4n) is 5.10. The highest BCUT2D eigenvalue weighted by molar-refractivity contribution is 5.99. The van der Waals surface area contributed by atoms with E-state index in [1.807, 2.05) is 30.0 Å². The van der Waals surface area contributed by atoms with E-state index in [0.717, 1.165) is 49.7 Å². The quantitative estimate of drug-likeness (QED) is 0.800. The first kappa shape index (κ1) is 20.3. The van der Waals surface area contributed by atoms with Gasteiger partial charge in [0, 0.05) is 36.9 Å². The summed E-state index contributed by atoms with van der Waals surface area (Å²) in [4.78, 5) is 15.4. The van der Waals surface area contributed by atoms with Crippen LogP contribution in [0.5, 0.6) is 11.5 Å². The Bertz CT molecular complexity index is 970. The molecule has 2 unspecified atom stereocenters. The van der Waals surface area contributed by atoms with E-state index in [4.69, 9.17) is 14.2 Å². The van der Waals surface area contributed by atoms with Gasteiger partial charge in [0.05, 0.1) is 6.04 Å². The van der Waals surface area contributed by atoms with Crippen molar-refractivity contribution in [2.75, 3.05) is 31.5 Å². The molecular formula is C25H30N2O4. The smallest absolute Gasteiger partial charge is 0.244 e. The van der Waals surface area contributed by atoms with Crippen molar-refractivity contribution in [1.29, 1.82) is 0 Å². The SMILES string of the molecule is CC(NCC1(c2ccc3c(c2)OCO3)CCOCC1)C(=O)N1c2ccccc2CC1C. The van der Waals surface area contributed by atoms with E-state index in [2.05, 4.69) is 36.5 Å². The first-order valence-corrected chi connectivity index (χ1v) is 11.2. The van der Waals surface area contributed by atoms with Gasteiger partial charge in [-0.05, 0) is 62.4 Å². The minimum atomic E-state index is -0.276. The molecule has 0 saturated carbocycles. The zero-order valence-electron chi connectivity index (χ0n) is 18.2. The third-order valence-corrected chi connectivity index (χ3v) is 7.00. The fraction of sp³-hybridized carbons (Fsp3) is 0.480. The molecule has 6 heteroatoms. The van der Waals surface area contributed by atoms with Crippen LogP contribution in [0.1, 0.15) is 37.8 Å². The lowest BCUT2D eigenvalue weighted by Crippen LogP contribution is -2.51. The van der Waals surface area contributed by atoms with Crippen molar-refractivity contribution in [2.24, 2.45) is 0 Å². The number of hydrogen-bond donors (Lipinski definition) is 1. The van der Waals surface area contributed by atoms with Crippen LogP contribution in [0.2, 0.25) is 0 Å². The highest BCUT2D eigenvalue weighted by Crippen LogP contribution is 2.41. The summed E-state index contributed by atoms with van der Waals surface area (Å²) in [5, 5.41) is 3.57. The van der Waals surface area contributed by atoms with Crippen LogP contribution in [0.3, 0.4) is 0 Å². The van der Waals surface area contributed by atoms with E-state index in [9.17, 15) is 4.79 Å². The van der Waals surface area contributed by atoms with Gasteiger partial charge in [0.1, 0.15) is 0 Å². The summed E-state index contributed by atoms with van der Waals surface area (Å²) < 4.78 is 16.8. The van der Waals surface area contributed by atoms with Crippen LogP contribution < -0.4 is 19.7 Å². The lowest BCUT2D eigenvalue weighted by molar-refractivity contribution is -0.120. The van der Waals surface area contributed by atoms with Crippen LogP contribution in [-0.2, 0) is 21.4 Å². The Morgan fingerprint density at radius 1 is 1.16 bits per heavy atom. The molecular weight excluding hydrogens is 392 g/mol. The molecule has 1 amide bonds. The molecule has 0 aliphatic carbocycles. The van der Waals surface area contributed by atoms with Crippen LogP contribution in [0, 0.1) is 0 Å². The van der Waals surface area contributed by atoms with Crippen molar-refractivity contribution in [3.63, 3.8) is 0 Å². The Kier molecular flexibility index (Phi) is 5.36. The highest BCUT2D eigenvalue weighted by Gasteiger charge is 2.38. The van der Waals surface area contributed by atoms with Gasteiger partial charge in [0.2, 0.25) is 12.7 Å². The number of anilines is 1. The number of nitrogens with one attached hydrogen (secondary N) is 1. The predicted octanol–water partition coefficient (Wildman–Crippen LogP) is 3.42. The molecule has 1 fully saturated rings. The van der Waals surface area contributed by atoms with E-state index in [1.54, 1.807) is 0 Å². The molecule has 1 N–H and O–H groups in total. The Morgan fingerprint density at radius 2 is 1.94 bits per heavy atom. The van der Waals surface area contributed by atoms with Crippen LogP contribution in [0.4, 0.5) is 5.69 Å². The topological polar surface area (TPSA) is 60.0 Å². The Balaban J connectivity index is 1.33. The third kappa shape index (κ3) is 3.68. The number of fused-ring (bicyclic) bond motifs is 2. The molecule has 6 nitrogen and oxygen atoms in total. The minimum Gasteiger partial charge on any atom is -0.454 e. The van der Waals surface area contributed by atoms with Gasteiger partial charge in [-0.2, -0.15) is 0 Å². The molecule has 1 saturated heterocycles.